The molecule has 0 saturated heterocycles. The van der Waals surface area contributed by atoms with E-state index >= 15 is 0 Å². The molecule has 0 saturated carbocycles. The number of benzene rings is 2. The number of amides is 2. The van der Waals surface area contributed by atoms with Gasteiger partial charge < -0.3 is 10.2 Å². The normalized spacial score (nSPS) is 14.1. The summed E-state index contributed by atoms with van der Waals surface area (Å²) in [7, 11) is 1.93. The maximum absolute atomic E-state index is 12.9. The van der Waals surface area contributed by atoms with E-state index in [1.807, 2.05) is 29.3 Å². The summed E-state index contributed by atoms with van der Waals surface area (Å²) in [5.74, 6) is -1.05. The van der Waals surface area contributed by atoms with Crippen LogP contribution in [0, 0.1) is 0 Å². The van der Waals surface area contributed by atoms with Gasteiger partial charge in [0, 0.05) is 21.9 Å². The molecule has 4 rings (SSSR count). The van der Waals surface area contributed by atoms with Gasteiger partial charge in [-0.1, -0.05) is 23.5 Å². The molecule has 2 heterocycles. The molecule has 1 aromatic heterocycles. The van der Waals surface area contributed by atoms with Gasteiger partial charge in [0.2, 0.25) is 0 Å². The number of aliphatic imine (C=N–C) groups is 1. The van der Waals surface area contributed by atoms with Gasteiger partial charge in [-0.05, 0) is 18.2 Å². The van der Waals surface area contributed by atoms with Crippen molar-refractivity contribution in [3.63, 3.8) is 0 Å². The van der Waals surface area contributed by atoms with E-state index < -0.39 is 31.1 Å². The van der Waals surface area contributed by atoms with Crippen molar-refractivity contribution in [3.8, 4) is 0 Å². The number of thiazole rings is 1. The predicted molar refractivity (Wildman–Crippen MR) is 105 cm³/mol. The van der Waals surface area contributed by atoms with Gasteiger partial charge in [0.05, 0.1) is 30.3 Å². The molecule has 0 fully saturated rings. The Morgan fingerprint density at radius 3 is 2.50 bits per heavy atom. The molecule has 1 aliphatic heterocycles. The van der Waals surface area contributed by atoms with Crippen LogP contribution in [-0.4, -0.2) is 52.4 Å². The van der Waals surface area contributed by atoms with Crippen LogP contribution in [0.1, 0.15) is 25.7 Å². The number of hydrogen-bond acceptors (Lipinski definition) is 6. The minimum absolute atomic E-state index is 0.359. The second-order valence-corrected chi connectivity index (χ2v) is 7.40. The zero-order valence-electron chi connectivity index (χ0n) is 15.1. The van der Waals surface area contributed by atoms with Crippen LogP contribution in [0.2, 0.25) is 0 Å². The van der Waals surface area contributed by atoms with Crippen molar-refractivity contribution < 1.29 is 24.4 Å². The lowest BCUT2D eigenvalue weighted by Gasteiger charge is -2.32. The number of aliphatic hydroxyl groups excluding tert-OH is 2. The third-order valence-electron chi connectivity index (χ3n) is 4.84. The third-order valence-corrected chi connectivity index (χ3v) is 5.73. The molecule has 2 amide bonds. The summed E-state index contributed by atoms with van der Waals surface area (Å²) >= 11 is 1.56. The average molecular weight is 396 g/mol. The highest BCUT2D eigenvalue weighted by atomic mass is 32.1. The molecule has 28 heavy (non-hydrogen) atoms. The van der Waals surface area contributed by atoms with Crippen LogP contribution in [0.3, 0.4) is 0 Å². The van der Waals surface area contributed by atoms with Crippen molar-refractivity contribution >= 4 is 45.8 Å². The monoisotopic (exact) mass is 396 g/mol. The highest BCUT2D eigenvalue weighted by Gasteiger charge is 2.37. The van der Waals surface area contributed by atoms with Gasteiger partial charge in [-0.3, -0.25) is 14.5 Å². The highest BCUT2D eigenvalue weighted by Crippen LogP contribution is 2.36. The first-order valence-electron chi connectivity index (χ1n) is 8.69. The molecule has 2 N–H and O–H groups in total. The molecule has 0 bridgehead atoms. The Morgan fingerprint density at radius 1 is 1.14 bits per heavy atom. The van der Waals surface area contributed by atoms with E-state index in [-0.39, 0.29) is 0 Å². The van der Waals surface area contributed by atoms with Gasteiger partial charge >= 0.3 is 0 Å². The smallest absolute Gasteiger partial charge is 0.279 e. The van der Waals surface area contributed by atoms with Gasteiger partial charge in [0.25, 0.3) is 16.8 Å². The van der Waals surface area contributed by atoms with Crippen molar-refractivity contribution in [2.24, 2.45) is 12.0 Å². The Kier molecular flexibility index (Phi) is 4.76. The number of aliphatic hydroxyl groups is 2. The quantitative estimate of drug-likeness (QED) is 0.388. The molecule has 2 aromatic carbocycles. The Labute approximate surface area is 164 Å². The lowest BCUT2D eigenvalue weighted by molar-refractivity contribution is -0.667. The summed E-state index contributed by atoms with van der Waals surface area (Å²) in [6, 6.07) is 7.62. The SMILES string of the molecule is C[n+]1ccsc1C=Nc1ccc2c3c(cccc13)C(=O)N(C(CO)CO)C2=O. The summed E-state index contributed by atoms with van der Waals surface area (Å²) in [6.07, 6.45) is 3.69. The third kappa shape index (κ3) is 2.82. The van der Waals surface area contributed by atoms with E-state index in [2.05, 4.69) is 4.99 Å². The van der Waals surface area contributed by atoms with Crippen molar-refractivity contribution in [2.45, 2.75) is 6.04 Å². The maximum atomic E-state index is 12.9. The second-order valence-electron chi connectivity index (χ2n) is 6.47. The van der Waals surface area contributed by atoms with Gasteiger partial charge in [-0.25, -0.2) is 4.99 Å². The van der Waals surface area contributed by atoms with Crippen LogP contribution in [0.5, 0.6) is 0 Å². The molecule has 0 aliphatic carbocycles. The fraction of sp³-hybridized carbons (Fsp3) is 0.200. The van der Waals surface area contributed by atoms with Crippen molar-refractivity contribution in [3.05, 3.63) is 58.0 Å². The summed E-state index contributed by atoms with van der Waals surface area (Å²) in [6.45, 7) is -1.00. The summed E-state index contributed by atoms with van der Waals surface area (Å²) in [5.41, 5.74) is 1.37. The first-order chi connectivity index (χ1) is 13.6. The average Bonchev–Trinajstić information content (AvgIpc) is 3.12. The minimum Gasteiger partial charge on any atom is -0.394 e. The number of aryl methyl sites for hydroxylation is 1. The highest BCUT2D eigenvalue weighted by molar-refractivity contribution is 7.10. The number of rotatable bonds is 5. The lowest BCUT2D eigenvalue weighted by atomic mass is 9.92. The van der Waals surface area contributed by atoms with Gasteiger partial charge in [0.15, 0.2) is 6.20 Å². The first-order valence-corrected chi connectivity index (χ1v) is 9.57. The van der Waals surface area contributed by atoms with E-state index in [9.17, 15) is 19.8 Å². The Morgan fingerprint density at radius 2 is 1.86 bits per heavy atom. The van der Waals surface area contributed by atoms with E-state index in [0.29, 0.717) is 27.6 Å². The largest absolute Gasteiger partial charge is 0.394 e. The maximum Gasteiger partial charge on any atom is 0.279 e. The zero-order valence-corrected chi connectivity index (χ0v) is 15.9. The lowest BCUT2D eigenvalue weighted by Crippen LogP contribution is -2.50. The van der Waals surface area contributed by atoms with Crippen molar-refractivity contribution in [1.82, 2.24) is 4.90 Å². The van der Waals surface area contributed by atoms with E-state index in [1.54, 1.807) is 41.8 Å². The summed E-state index contributed by atoms with van der Waals surface area (Å²) < 4.78 is 1.95. The van der Waals surface area contributed by atoms with E-state index in [4.69, 9.17) is 0 Å². The molecule has 7 nitrogen and oxygen atoms in total. The van der Waals surface area contributed by atoms with Crippen molar-refractivity contribution in [2.75, 3.05) is 13.2 Å². The summed E-state index contributed by atoms with van der Waals surface area (Å²) in [5, 5.41) is 23.1. The zero-order chi connectivity index (χ0) is 19.8. The molecule has 8 heteroatoms. The fourth-order valence-corrected chi connectivity index (χ4v) is 4.08. The molecule has 0 atom stereocenters. The Bertz CT molecular complexity index is 1100. The molecule has 0 unspecified atom stereocenters. The number of nitrogens with zero attached hydrogens (tertiary/aromatic N) is 3. The molecule has 142 valence electrons. The van der Waals surface area contributed by atoms with Crippen LogP contribution in [0.4, 0.5) is 5.69 Å². The molecular weight excluding hydrogens is 378 g/mol. The standard InChI is InChI=1S/C20H18N3O4S/c1-22-7-8-28-17(22)9-21-16-6-5-15-18-13(16)3-2-4-14(18)19(26)23(20(15)27)12(10-24)11-25/h2-9,12,24-25H,10-11H2,1H3/q+1. The van der Waals surface area contributed by atoms with E-state index in [1.165, 1.54) is 0 Å². The first kappa shape index (κ1) is 18.4. The van der Waals surface area contributed by atoms with Gasteiger partial charge in [0.1, 0.15) is 13.3 Å². The summed E-state index contributed by atoms with van der Waals surface area (Å²) in [4.78, 5) is 31.3. The number of carbonyl (C=O) groups is 2. The van der Waals surface area contributed by atoms with Crippen LogP contribution < -0.4 is 4.57 Å². The molecule has 0 radical (unpaired) electrons. The van der Waals surface area contributed by atoms with Crippen LogP contribution in [0.15, 0.2) is 46.9 Å². The second kappa shape index (κ2) is 7.23. The minimum atomic E-state index is -0.972. The number of imide groups is 1. The fourth-order valence-electron chi connectivity index (χ4n) is 3.36. The predicted octanol–water partition coefficient (Wildman–Crippen LogP) is 1.43. The van der Waals surface area contributed by atoms with Gasteiger partial charge in [-0.2, -0.15) is 4.57 Å². The number of carbonyl (C=O) groups excluding carboxylic acids is 2. The molecule has 0 spiro atoms. The van der Waals surface area contributed by atoms with E-state index in [0.717, 1.165) is 9.91 Å². The molecule has 1 aliphatic rings. The number of hydrogen-bond donors (Lipinski definition) is 2. The molecule has 3 aromatic rings. The number of aromatic nitrogens is 1. The van der Waals surface area contributed by atoms with Crippen molar-refractivity contribution in [1.29, 1.82) is 0 Å². The van der Waals surface area contributed by atoms with Crippen LogP contribution in [-0.2, 0) is 7.05 Å². The Hall–Kier alpha value is -2.94. The Balaban J connectivity index is 1.86. The topological polar surface area (TPSA) is 94.1 Å². The molecular formula is C20H18N3O4S+. The van der Waals surface area contributed by atoms with Crippen LogP contribution in [0.25, 0.3) is 10.8 Å². The van der Waals surface area contributed by atoms with Crippen LogP contribution >= 0.6 is 11.3 Å². The van der Waals surface area contributed by atoms with Gasteiger partial charge in [-0.15, -0.1) is 0 Å².